The molecule has 7 heteroatoms. The van der Waals surface area contributed by atoms with Crippen molar-refractivity contribution in [2.24, 2.45) is 23.7 Å². The molecule has 2 aromatic carbocycles. The van der Waals surface area contributed by atoms with Crippen LogP contribution in [0.1, 0.15) is 23.2 Å². The second kappa shape index (κ2) is 7.12. The van der Waals surface area contributed by atoms with Gasteiger partial charge >= 0.3 is 5.97 Å². The second-order valence-corrected chi connectivity index (χ2v) is 9.20. The van der Waals surface area contributed by atoms with E-state index >= 15 is 0 Å². The van der Waals surface area contributed by atoms with Crippen molar-refractivity contribution in [3.8, 4) is 0 Å². The van der Waals surface area contributed by atoms with E-state index in [2.05, 4.69) is 33.2 Å². The third kappa shape index (κ3) is 3.31. The molecule has 2 aliphatic carbocycles. The molecule has 2 amide bonds. The fourth-order valence-corrected chi connectivity index (χ4v) is 5.42. The van der Waals surface area contributed by atoms with E-state index in [1.165, 1.54) is 0 Å². The number of benzene rings is 2. The van der Waals surface area contributed by atoms with E-state index in [0.29, 0.717) is 16.9 Å². The highest BCUT2D eigenvalue weighted by atomic mass is 127. The molecule has 5 atom stereocenters. The highest BCUT2D eigenvalue weighted by Crippen LogP contribution is 2.57. The number of fused-ring (bicyclic) bond motifs is 1. The zero-order valence-corrected chi connectivity index (χ0v) is 17.6. The van der Waals surface area contributed by atoms with E-state index < -0.39 is 0 Å². The van der Waals surface area contributed by atoms with Gasteiger partial charge in [-0.15, -0.1) is 0 Å². The molecule has 1 aliphatic heterocycles. The minimum absolute atomic E-state index is 0.00911. The summed E-state index contributed by atoms with van der Waals surface area (Å²) in [4.78, 5) is 37.6. The summed E-state index contributed by atoms with van der Waals surface area (Å²) in [6, 6.07) is 14.4. The molecular formula is C22H19IN2O4. The predicted molar refractivity (Wildman–Crippen MR) is 115 cm³/mol. The summed E-state index contributed by atoms with van der Waals surface area (Å²) >= 11 is 2.21. The molecule has 2 bridgehead atoms. The molecule has 0 unspecified atom stereocenters. The number of carbonyl (C=O) groups is 3. The normalized spacial score (nSPS) is 28.9. The zero-order valence-electron chi connectivity index (χ0n) is 15.4. The molecule has 2 saturated carbocycles. The maximum atomic E-state index is 12.9. The Balaban J connectivity index is 1.29. The zero-order chi connectivity index (χ0) is 20.1. The third-order valence-electron chi connectivity index (χ3n) is 6.28. The first-order valence-electron chi connectivity index (χ1n) is 9.68. The number of nitrogens with one attached hydrogen (secondary N) is 2. The minimum atomic E-state index is -0.337. The Morgan fingerprint density at radius 1 is 1.00 bits per heavy atom. The van der Waals surface area contributed by atoms with E-state index in [1.54, 1.807) is 24.3 Å². The highest BCUT2D eigenvalue weighted by molar-refractivity contribution is 14.1. The van der Waals surface area contributed by atoms with Crippen LogP contribution in [0.3, 0.4) is 0 Å². The van der Waals surface area contributed by atoms with Crippen molar-refractivity contribution >= 4 is 51.7 Å². The van der Waals surface area contributed by atoms with E-state index in [1.807, 2.05) is 24.3 Å². The van der Waals surface area contributed by atoms with Gasteiger partial charge in [0.15, 0.2) is 0 Å². The molecule has 29 heavy (non-hydrogen) atoms. The maximum absolute atomic E-state index is 12.9. The number of hydrogen-bond donors (Lipinski definition) is 2. The number of rotatable bonds is 4. The van der Waals surface area contributed by atoms with Crippen LogP contribution in [0.25, 0.3) is 0 Å². The summed E-state index contributed by atoms with van der Waals surface area (Å²) in [5.41, 5.74) is 1.71. The summed E-state index contributed by atoms with van der Waals surface area (Å²) < 4.78 is 6.50. The predicted octanol–water partition coefficient (Wildman–Crippen LogP) is 3.68. The number of hydrogen-bond acceptors (Lipinski definition) is 4. The van der Waals surface area contributed by atoms with Crippen LogP contribution in [0.15, 0.2) is 48.5 Å². The summed E-state index contributed by atoms with van der Waals surface area (Å²) in [6.45, 7) is 0. The molecule has 2 N–H and O–H groups in total. The Kier molecular flexibility index (Phi) is 4.57. The summed E-state index contributed by atoms with van der Waals surface area (Å²) in [6.07, 6.45) is 1.68. The Morgan fingerprint density at radius 3 is 2.59 bits per heavy atom. The number of esters is 1. The Morgan fingerprint density at radius 2 is 1.79 bits per heavy atom. The van der Waals surface area contributed by atoms with Crippen LogP contribution >= 0.6 is 22.6 Å². The van der Waals surface area contributed by atoms with E-state index in [4.69, 9.17) is 4.74 Å². The van der Waals surface area contributed by atoms with Gasteiger partial charge in [-0.3, -0.25) is 14.4 Å². The van der Waals surface area contributed by atoms with Gasteiger partial charge in [-0.2, -0.15) is 0 Å². The average molecular weight is 502 g/mol. The molecule has 148 valence electrons. The molecule has 0 aromatic heterocycles. The molecule has 2 aromatic rings. The largest absolute Gasteiger partial charge is 0.462 e. The van der Waals surface area contributed by atoms with Gasteiger partial charge in [0.2, 0.25) is 5.91 Å². The van der Waals surface area contributed by atoms with Crippen LogP contribution in [0, 0.1) is 27.2 Å². The molecule has 1 saturated heterocycles. The van der Waals surface area contributed by atoms with Crippen LogP contribution in [-0.4, -0.2) is 23.9 Å². The van der Waals surface area contributed by atoms with Gasteiger partial charge in [-0.05, 0) is 83.8 Å². The third-order valence-corrected chi connectivity index (χ3v) is 7.00. The van der Waals surface area contributed by atoms with Crippen molar-refractivity contribution in [2.45, 2.75) is 18.9 Å². The molecule has 1 heterocycles. The first kappa shape index (κ1) is 18.6. The number of halogens is 1. The molecule has 5 rings (SSSR count). The molecule has 0 spiro atoms. The summed E-state index contributed by atoms with van der Waals surface area (Å²) in [7, 11) is 0. The topological polar surface area (TPSA) is 84.5 Å². The fourth-order valence-electron chi connectivity index (χ4n) is 5.06. The molecule has 6 nitrogen and oxygen atoms in total. The first-order chi connectivity index (χ1) is 14.0. The lowest BCUT2D eigenvalue weighted by atomic mass is 9.79. The van der Waals surface area contributed by atoms with Gasteiger partial charge in [0, 0.05) is 26.4 Å². The maximum Gasteiger partial charge on any atom is 0.310 e. The van der Waals surface area contributed by atoms with Gasteiger partial charge < -0.3 is 15.4 Å². The van der Waals surface area contributed by atoms with Crippen molar-refractivity contribution < 1.29 is 19.1 Å². The number of amides is 2. The van der Waals surface area contributed by atoms with Gasteiger partial charge in [-0.1, -0.05) is 6.07 Å². The van der Waals surface area contributed by atoms with Crippen molar-refractivity contribution in [1.29, 1.82) is 0 Å². The Hall–Kier alpha value is -2.42. The van der Waals surface area contributed by atoms with Gasteiger partial charge in [0.05, 0.1) is 11.8 Å². The minimum Gasteiger partial charge on any atom is -0.462 e. The fraction of sp³-hybridized carbons (Fsp3) is 0.318. The van der Waals surface area contributed by atoms with Crippen LogP contribution < -0.4 is 10.6 Å². The van der Waals surface area contributed by atoms with Gasteiger partial charge in [0.25, 0.3) is 5.91 Å². The molecule has 3 fully saturated rings. The van der Waals surface area contributed by atoms with E-state index in [-0.39, 0.29) is 47.6 Å². The Labute approximate surface area is 181 Å². The number of carbonyl (C=O) groups excluding carboxylic acids is 3. The van der Waals surface area contributed by atoms with Crippen LogP contribution in [0.5, 0.6) is 0 Å². The van der Waals surface area contributed by atoms with Crippen molar-refractivity contribution in [3.63, 3.8) is 0 Å². The van der Waals surface area contributed by atoms with Crippen LogP contribution in [0.2, 0.25) is 0 Å². The van der Waals surface area contributed by atoms with Crippen molar-refractivity contribution in [2.75, 3.05) is 10.6 Å². The lowest BCUT2D eigenvalue weighted by Gasteiger charge is -2.23. The van der Waals surface area contributed by atoms with Gasteiger partial charge in [0.1, 0.15) is 6.10 Å². The summed E-state index contributed by atoms with van der Waals surface area (Å²) in [5, 5.41) is 5.77. The monoisotopic (exact) mass is 502 g/mol. The van der Waals surface area contributed by atoms with Crippen LogP contribution in [0.4, 0.5) is 11.4 Å². The second-order valence-electron chi connectivity index (χ2n) is 7.95. The van der Waals surface area contributed by atoms with E-state index in [9.17, 15) is 14.4 Å². The number of ether oxygens (including phenoxy) is 1. The molecular weight excluding hydrogens is 483 g/mol. The quantitative estimate of drug-likeness (QED) is 0.494. The van der Waals surface area contributed by atoms with Crippen molar-refractivity contribution in [3.05, 3.63) is 57.7 Å². The Bertz CT molecular complexity index is 1000. The molecule has 0 radical (unpaired) electrons. The lowest BCUT2D eigenvalue weighted by Crippen LogP contribution is -2.35. The summed E-state index contributed by atoms with van der Waals surface area (Å²) in [5.74, 6) is -0.894. The smallest absolute Gasteiger partial charge is 0.310 e. The first-order valence-corrected chi connectivity index (χ1v) is 10.8. The highest BCUT2D eigenvalue weighted by Gasteiger charge is 2.63. The average Bonchev–Trinajstić information content (AvgIpc) is 3.32. The molecule has 3 aliphatic rings. The number of anilines is 2. The lowest BCUT2D eigenvalue weighted by molar-refractivity contribution is -0.145. The van der Waals surface area contributed by atoms with Crippen molar-refractivity contribution in [1.82, 2.24) is 0 Å². The SMILES string of the molecule is O=C(Nc1ccc(I)cc1)c1cccc(NC(=O)[C@@H]2[C@@H]3C[C@@H]4[C@@H]2C(=O)O[C@@H]4C3)c1. The van der Waals surface area contributed by atoms with Gasteiger partial charge in [-0.25, -0.2) is 0 Å². The van der Waals surface area contributed by atoms with Crippen LogP contribution in [-0.2, 0) is 14.3 Å². The van der Waals surface area contributed by atoms with E-state index in [0.717, 1.165) is 16.4 Å². The standard InChI is InChI=1S/C22H19IN2O4/c23-13-4-6-14(7-5-13)24-20(26)11-2-1-3-15(8-11)25-21(27)18-12-9-16-17(10-12)29-22(28)19(16)18/h1-8,12,16-19H,9-10H2,(H,24,26)(H,25,27)/t12-,16+,17-,18-,19+/m1/s1.